The first kappa shape index (κ1) is 13.4. The van der Waals surface area contributed by atoms with E-state index >= 15 is 0 Å². The van der Waals surface area contributed by atoms with Crippen molar-refractivity contribution in [3.63, 3.8) is 0 Å². The van der Waals surface area contributed by atoms with Crippen molar-refractivity contribution in [1.29, 1.82) is 5.26 Å². The van der Waals surface area contributed by atoms with Gasteiger partial charge >= 0.3 is 0 Å². The number of aliphatic hydroxyl groups excluding tert-OH is 1. The highest BCUT2D eigenvalue weighted by Gasteiger charge is 2.46. The predicted octanol–water partition coefficient (Wildman–Crippen LogP) is 1.69. The van der Waals surface area contributed by atoms with Gasteiger partial charge in [-0.3, -0.25) is 4.79 Å². The Bertz CT molecular complexity index is 355. The molecule has 0 spiro atoms. The minimum absolute atomic E-state index is 0.00835. The minimum atomic E-state index is -0.810. The van der Waals surface area contributed by atoms with Crippen LogP contribution in [0, 0.1) is 22.7 Å². The van der Waals surface area contributed by atoms with Crippen molar-refractivity contribution in [3.05, 3.63) is 0 Å². The summed E-state index contributed by atoms with van der Waals surface area (Å²) in [5.74, 6) is 0.298. The highest BCUT2D eigenvalue weighted by atomic mass is 16.3. The van der Waals surface area contributed by atoms with Crippen LogP contribution in [0.5, 0.6) is 0 Å². The van der Waals surface area contributed by atoms with Crippen LogP contribution in [0.2, 0.25) is 0 Å². The smallest absolute Gasteiger partial charge is 0.243 e. The summed E-state index contributed by atoms with van der Waals surface area (Å²) in [7, 11) is 0. The van der Waals surface area contributed by atoms with E-state index < -0.39 is 5.41 Å². The molecule has 1 amide bonds. The van der Waals surface area contributed by atoms with Gasteiger partial charge in [-0.2, -0.15) is 5.26 Å². The second kappa shape index (κ2) is 5.27. The van der Waals surface area contributed by atoms with E-state index in [1.807, 2.05) is 0 Å². The normalized spacial score (nSPS) is 31.1. The Balaban J connectivity index is 2.17. The predicted molar refractivity (Wildman–Crippen MR) is 67.5 cm³/mol. The van der Waals surface area contributed by atoms with Crippen LogP contribution in [0.3, 0.4) is 0 Å². The highest BCUT2D eigenvalue weighted by Crippen LogP contribution is 2.39. The molecule has 100 valence electrons. The molecule has 2 aliphatic rings. The lowest BCUT2D eigenvalue weighted by atomic mass is 9.74. The first-order valence-corrected chi connectivity index (χ1v) is 6.98. The lowest BCUT2D eigenvalue weighted by Crippen LogP contribution is -2.48. The van der Waals surface area contributed by atoms with E-state index in [1.54, 1.807) is 4.90 Å². The van der Waals surface area contributed by atoms with Gasteiger partial charge in [-0.05, 0) is 25.2 Å². The molecule has 0 aromatic carbocycles. The zero-order chi connectivity index (χ0) is 13.2. The van der Waals surface area contributed by atoms with Gasteiger partial charge in [0.15, 0.2) is 0 Å². The Morgan fingerprint density at radius 1 is 1.44 bits per heavy atom. The van der Waals surface area contributed by atoms with Crippen molar-refractivity contribution in [3.8, 4) is 6.07 Å². The van der Waals surface area contributed by atoms with Gasteiger partial charge in [0, 0.05) is 6.54 Å². The molecule has 4 heteroatoms. The van der Waals surface area contributed by atoms with Crippen molar-refractivity contribution in [2.45, 2.75) is 51.5 Å². The van der Waals surface area contributed by atoms with Gasteiger partial charge in [-0.1, -0.05) is 26.2 Å². The van der Waals surface area contributed by atoms with E-state index in [0.717, 1.165) is 25.7 Å². The topological polar surface area (TPSA) is 64.3 Å². The zero-order valence-corrected chi connectivity index (χ0v) is 11.1. The molecule has 2 fully saturated rings. The third-order valence-corrected chi connectivity index (χ3v) is 4.66. The number of amides is 1. The monoisotopic (exact) mass is 250 g/mol. The van der Waals surface area contributed by atoms with Crippen LogP contribution in [0.1, 0.15) is 45.4 Å². The molecule has 0 radical (unpaired) electrons. The van der Waals surface area contributed by atoms with E-state index in [2.05, 4.69) is 13.0 Å². The Labute approximate surface area is 109 Å². The van der Waals surface area contributed by atoms with E-state index in [9.17, 15) is 15.2 Å². The number of hydrogen-bond acceptors (Lipinski definition) is 3. The molecule has 2 unspecified atom stereocenters. The van der Waals surface area contributed by atoms with Crippen molar-refractivity contribution < 1.29 is 9.90 Å². The fourth-order valence-electron chi connectivity index (χ4n) is 3.34. The largest absolute Gasteiger partial charge is 0.394 e. The van der Waals surface area contributed by atoms with E-state index in [0.29, 0.717) is 25.3 Å². The molecule has 1 N–H and O–H groups in total. The lowest BCUT2D eigenvalue weighted by Gasteiger charge is -2.35. The van der Waals surface area contributed by atoms with Crippen LogP contribution in [0.15, 0.2) is 0 Å². The SMILES string of the molecule is CC1CCN(C(=O)C2(C#N)CCCCC2)C1CO. The van der Waals surface area contributed by atoms with Crippen LogP contribution >= 0.6 is 0 Å². The van der Waals surface area contributed by atoms with Crippen LogP contribution in [-0.4, -0.2) is 35.1 Å². The number of carbonyl (C=O) groups is 1. The molecular weight excluding hydrogens is 228 g/mol. The number of nitriles is 1. The van der Waals surface area contributed by atoms with Gasteiger partial charge in [0.1, 0.15) is 5.41 Å². The Morgan fingerprint density at radius 3 is 2.67 bits per heavy atom. The van der Waals surface area contributed by atoms with Crippen molar-refractivity contribution in [2.75, 3.05) is 13.2 Å². The molecule has 2 atom stereocenters. The number of rotatable bonds is 2. The van der Waals surface area contributed by atoms with Crippen LogP contribution in [-0.2, 0) is 4.79 Å². The van der Waals surface area contributed by atoms with Crippen molar-refractivity contribution in [2.24, 2.45) is 11.3 Å². The molecule has 1 saturated carbocycles. The van der Waals surface area contributed by atoms with E-state index in [4.69, 9.17) is 0 Å². The van der Waals surface area contributed by atoms with Gasteiger partial charge < -0.3 is 10.0 Å². The van der Waals surface area contributed by atoms with Crippen LogP contribution in [0.4, 0.5) is 0 Å². The Morgan fingerprint density at radius 2 is 2.11 bits per heavy atom. The summed E-state index contributed by atoms with van der Waals surface area (Å²) >= 11 is 0. The number of nitrogens with zero attached hydrogens (tertiary/aromatic N) is 2. The standard InChI is InChI=1S/C14H22N2O2/c1-11-5-8-16(12(11)9-17)13(18)14(10-15)6-3-2-4-7-14/h11-12,17H,2-9H2,1H3. The number of carbonyl (C=O) groups excluding carboxylic acids is 1. The lowest BCUT2D eigenvalue weighted by molar-refractivity contribution is -0.142. The summed E-state index contributed by atoms with van der Waals surface area (Å²) in [5, 5.41) is 18.9. The average Bonchev–Trinajstić information content (AvgIpc) is 2.79. The number of aliphatic hydroxyl groups is 1. The molecule has 0 aromatic heterocycles. The molecule has 0 aromatic rings. The van der Waals surface area contributed by atoms with Gasteiger partial charge in [-0.15, -0.1) is 0 Å². The maximum absolute atomic E-state index is 12.7. The van der Waals surface area contributed by atoms with Crippen molar-refractivity contribution >= 4 is 5.91 Å². The molecule has 1 aliphatic heterocycles. The van der Waals surface area contributed by atoms with Crippen molar-refractivity contribution in [1.82, 2.24) is 4.90 Å². The summed E-state index contributed by atoms with van der Waals surface area (Å²) < 4.78 is 0. The molecule has 1 aliphatic carbocycles. The zero-order valence-electron chi connectivity index (χ0n) is 11.1. The third-order valence-electron chi connectivity index (χ3n) is 4.66. The average molecular weight is 250 g/mol. The van der Waals surface area contributed by atoms with Crippen LogP contribution < -0.4 is 0 Å². The second-order valence-corrected chi connectivity index (χ2v) is 5.77. The maximum Gasteiger partial charge on any atom is 0.243 e. The summed E-state index contributed by atoms with van der Waals surface area (Å²) in [4.78, 5) is 14.4. The highest BCUT2D eigenvalue weighted by molar-refractivity contribution is 5.86. The fourth-order valence-corrected chi connectivity index (χ4v) is 3.34. The number of likely N-dealkylation sites (tertiary alicyclic amines) is 1. The van der Waals surface area contributed by atoms with E-state index in [-0.39, 0.29) is 18.6 Å². The van der Waals surface area contributed by atoms with Gasteiger partial charge in [0.05, 0.1) is 18.7 Å². The first-order chi connectivity index (χ1) is 8.64. The summed E-state index contributed by atoms with van der Waals surface area (Å²) in [6, 6.07) is 2.19. The molecule has 1 heterocycles. The van der Waals surface area contributed by atoms with E-state index in [1.165, 1.54) is 0 Å². The second-order valence-electron chi connectivity index (χ2n) is 5.77. The summed E-state index contributed by atoms with van der Waals surface area (Å²) in [5.41, 5.74) is -0.810. The molecule has 2 rings (SSSR count). The first-order valence-electron chi connectivity index (χ1n) is 6.98. The van der Waals surface area contributed by atoms with Gasteiger partial charge in [-0.25, -0.2) is 0 Å². The number of hydrogen-bond donors (Lipinski definition) is 1. The summed E-state index contributed by atoms with van der Waals surface area (Å²) in [6.07, 6.45) is 5.35. The Hall–Kier alpha value is -1.08. The van der Waals surface area contributed by atoms with Gasteiger partial charge in [0.2, 0.25) is 5.91 Å². The maximum atomic E-state index is 12.7. The molecule has 18 heavy (non-hydrogen) atoms. The minimum Gasteiger partial charge on any atom is -0.394 e. The summed E-state index contributed by atoms with van der Waals surface area (Å²) in [6.45, 7) is 2.76. The molecule has 0 bridgehead atoms. The molecule has 4 nitrogen and oxygen atoms in total. The quantitative estimate of drug-likeness (QED) is 0.811. The Kier molecular flexibility index (Phi) is 3.91. The third kappa shape index (κ3) is 2.12. The fraction of sp³-hybridized carbons (Fsp3) is 0.857. The molecular formula is C14H22N2O2. The van der Waals surface area contributed by atoms with Crippen LogP contribution in [0.25, 0.3) is 0 Å². The molecule has 1 saturated heterocycles. The van der Waals surface area contributed by atoms with Gasteiger partial charge in [0.25, 0.3) is 0 Å².